The lowest BCUT2D eigenvalue weighted by Crippen LogP contribution is -2.32. The van der Waals surface area contributed by atoms with Crippen LogP contribution in [0.3, 0.4) is 0 Å². The highest BCUT2D eigenvalue weighted by Crippen LogP contribution is 2.36. The van der Waals surface area contributed by atoms with Gasteiger partial charge in [0.05, 0.1) is 21.5 Å². The molecule has 1 aromatic rings. The Kier molecular flexibility index (Phi) is 6.71. The van der Waals surface area contributed by atoms with Crippen LogP contribution in [0, 0.1) is 0 Å². The highest BCUT2D eigenvalue weighted by atomic mass is 32.2. The molecule has 1 heterocycles. The zero-order valence-corrected chi connectivity index (χ0v) is 16.3. The zero-order chi connectivity index (χ0) is 19.3. The number of carbonyl (C=O) groups is 2. The van der Waals surface area contributed by atoms with E-state index in [-0.39, 0.29) is 11.2 Å². The lowest BCUT2D eigenvalue weighted by Gasteiger charge is -2.32. The number of hydrogen-bond donors (Lipinski definition) is 2. The average molecular weight is 390 g/mol. The molecule has 1 aliphatic carbocycles. The first-order valence-electron chi connectivity index (χ1n) is 9.78. The zero-order valence-electron chi connectivity index (χ0n) is 15.5. The first-order valence-corrected chi connectivity index (χ1v) is 10.7. The molecule has 0 aromatic heterocycles. The van der Waals surface area contributed by atoms with Gasteiger partial charge < -0.3 is 10.2 Å². The first kappa shape index (κ1) is 20.1. The standard InChI is InChI=1S/C21H27NO4S/c23-19-17(11-14-21(26)12-2-1-3-13-21)27-18(22-19)6-4-5-15-7-9-16(10-8-15)20(24)25/h7-10,17,26H,1-6,11-14H2,(H,24,25). The van der Waals surface area contributed by atoms with E-state index < -0.39 is 11.6 Å². The van der Waals surface area contributed by atoms with E-state index in [0.717, 1.165) is 55.6 Å². The molecular weight excluding hydrogens is 362 g/mol. The summed E-state index contributed by atoms with van der Waals surface area (Å²) in [6.45, 7) is 0. The summed E-state index contributed by atoms with van der Waals surface area (Å²) < 4.78 is 0. The number of carboxylic acid groups (broad SMARTS) is 1. The van der Waals surface area contributed by atoms with Crippen molar-refractivity contribution in [1.29, 1.82) is 0 Å². The average Bonchev–Trinajstić information content (AvgIpc) is 3.01. The van der Waals surface area contributed by atoms with Crippen molar-refractivity contribution in [3.05, 3.63) is 35.4 Å². The third kappa shape index (κ3) is 5.66. The molecule has 5 nitrogen and oxygen atoms in total. The minimum absolute atomic E-state index is 0.0554. The van der Waals surface area contributed by atoms with Gasteiger partial charge in [0.25, 0.3) is 5.91 Å². The number of aryl methyl sites for hydroxylation is 1. The number of nitrogens with zero attached hydrogens (tertiary/aromatic N) is 1. The highest BCUT2D eigenvalue weighted by molar-refractivity contribution is 8.15. The normalized spacial score (nSPS) is 21.9. The number of aliphatic imine (C=N–C) groups is 1. The number of aromatic carboxylic acids is 1. The molecule has 2 aliphatic rings. The summed E-state index contributed by atoms with van der Waals surface area (Å²) in [5, 5.41) is 20.3. The molecule has 1 aliphatic heterocycles. The molecule has 27 heavy (non-hydrogen) atoms. The second-order valence-electron chi connectivity index (χ2n) is 7.63. The maximum atomic E-state index is 12.2. The third-order valence-electron chi connectivity index (χ3n) is 5.50. The summed E-state index contributed by atoms with van der Waals surface area (Å²) in [7, 11) is 0. The third-order valence-corrected chi connectivity index (χ3v) is 6.79. The monoisotopic (exact) mass is 389 g/mol. The quantitative estimate of drug-likeness (QED) is 0.695. The van der Waals surface area contributed by atoms with Gasteiger partial charge in [-0.1, -0.05) is 43.2 Å². The van der Waals surface area contributed by atoms with Crippen LogP contribution in [-0.4, -0.2) is 38.0 Å². The van der Waals surface area contributed by atoms with Gasteiger partial charge in [-0.25, -0.2) is 9.79 Å². The Morgan fingerprint density at radius 2 is 1.85 bits per heavy atom. The number of carboxylic acids is 1. The van der Waals surface area contributed by atoms with Gasteiger partial charge in [0, 0.05) is 0 Å². The van der Waals surface area contributed by atoms with Crippen molar-refractivity contribution in [2.75, 3.05) is 0 Å². The van der Waals surface area contributed by atoms with Crippen LogP contribution in [-0.2, 0) is 11.2 Å². The Balaban J connectivity index is 1.40. The summed E-state index contributed by atoms with van der Waals surface area (Å²) in [5.41, 5.74) is 0.803. The van der Waals surface area contributed by atoms with Crippen molar-refractivity contribution in [1.82, 2.24) is 0 Å². The van der Waals surface area contributed by atoms with E-state index in [1.54, 1.807) is 23.9 Å². The van der Waals surface area contributed by atoms with Gasteiger partial charge in [-0.3, -0.25) is 4.79 Å². The molecular formula is C21H27NO4S. The summed E-state index contributed by atoms with van der Waals surface area (Å²) in [6.07, 6.45) is 8.93. The lowest BCUT2D eigenvalue weighted by atomic mass is 9.81. The van der Waals surface area contributed by atoms with E-state index in [2.05, 4.69) is 4.99 Å². The second-order valence-corrected chi connectivity index (χ2v) is 8.91. The molecule has 2 N–H and O–H groups in total. The smallest absolute Gasteiger partial charge is 0.335 e. The molecule has 6 heteroatoms. The molecule has 1 unspecified atom stereocenters. The minimum Gasteiger partial charge on any atom is -0.478 e. The fourth-order valence-electron chi connectivity index (χ4n) is 3.85. The number of thioether (sulfide) groups is 1. The van der Waals surface area contributed by atoms with E-state index >= 15 is 0 Å². The SMILES string of the molecule is O=C(O)c1ccc(CCCC2=NC(=O)C(CCC3(O)CCCCC3)S2)cc1. The Hall–Kier alpha value is -1.66. The summed E-state index contributed by atoms with van der Waals surface area (Å²) in [6, 6.07) is 6.92. The topological polar surface area (TPSA) is 87.0 Å². The second kappa shape index (κ2) is 9.02. The number of rotatable bonds is 8. The molecule has 0 bridgehead atoms. The molecule has 1 atom stereocenters. The molecule has 1 amide bonds. The Labute approximate surface area is 164 Å². The summed E-state index contributed by atoms with van der Waals surface area (Å²) in [4.78, 5) is 27.2. The van der Waals surface area contributed by atoms with Gasteiger partial charge in [-0.15, -0.1) is 0 Å². The van der Waals surface area contributed by atoms with Gasteiger partial charge in [-0.05, 0) is 62.6 Å². The highest BCUT2D eigenvalue weighted by Gasteiger charge is 2.33. The maximum Gasteiger partial charge on any atom is 0.335 e. The molecule has 1 fully saturated rings. The van der Waals surface area contributed by atoms with Crippen LogP contribution in [0.4, 0.5) is 0 Å². The van der Waals surface area contributed by atoms with Crippen LogP contribution < -0.4 is 0 Å². The predicted octanol–water partition coefficient (Wildman–Crippen LogP) is 4.22. The van der Waals surface area contributed by atoms with E-state index in [0.29, 0.717) is 18.4 Å². The van der Waals surface area contributed by atoms with Gasteiger partial charge in [-0.2, -0.15) is 0 Å². The molecule has 0 saturated heterocycles. The molecule has 146 valence electrons. The number of benzene rings is 1. The first-order chi connectivity index (χ1) is 13.0. The molecule has 3 rings (SSSR count). The van der Waals surface area contributed by atoms with Crippen molar-refractivity contribution >= 4 is 28.7 Å². The van der Waals surface area contributed by atoms with Crippen LogP contribution in [0.25, 0.3) is 0 Å². The molecule has 0 spiro atoms. The van der Waals surface area contributed by atoms with E-state index in [1.165, 1.54) is 6.42 Å². The van der Waals surface area contributed by atoms with Crippen LogP contribution in [0.1, 0.15) is 73.7 Å². The molecule has 1 saturated carbocycles. The van der Waals surface area contributed by atoms with E-state index in [1.807, 2.05) is 12.1 Å². The van der Waals surface area contributed by atoms with Crippen molar-refractivity contribution < 1.29 is 19.8 Å². The summed E-state index contributed by atoms with van der Waals surface area (Å²) >= 11 is 1.56. The van der Waals surface area contributed by atoms with Gasteiger partial charge in [0.2, 0.25) is 0 Å². The lowest BCUT2D eigenvalue weighted by molar-refractivity contribution is -0.117. The Morgan fingerprint density at radius 1 is 1.15 bits per heavy atom. The van der Waals surface area contributed by atoms with Crippen molar-refractivity contribution in [2.24, 2.45) is 4.99 Å². The largest absolute Gasteiger partial charge is 0.478 e. The van der Waals surface area contributed by atoms with Crippen molar-refractivity contribution in [3.8, 4) is 0 Å². The van der Waals surface area contributed by atoms with Crippen molar-refractivity contribution in [2.45, 2.75) is 75.1 Å². The maximum absolute atomic E-state index is 12.2. The van der Waals surface area contributed by atoms with Crippen LogP contribution in [0.5, 0.6) is 0 Å². The van der Waals surface area contributed by atoms with Crippen LogP contribution in [0.2, 0.25) is 0 Å². The van der Waals surface area contributed by atoms with E-state index in [4.69, 9.17) is 5.11 Å². The summed E-state index contributed by atoms with van der Waals surface area (Å²) in [5.74, 6) is -0.971. The molecule has 1 aromatic carbocycles. The van der Waals surface area contributed by atoms with Gasteiger partial charge >= 0.3 is 5.97 Å². The fraction of sp³-hybridized carbons (Fsp3) is 0.571. The number of carbonyl (C=O) groups excluding carboxylic acids is 1. The number of aliphatic hydroxyl groups is 1. The fourth-order valence-corrected chi connectivity index (χ4v) is 4.97. The number of hydrogen-bond acceptors (Lipinski definition) is 4. The van der Waals surface area contributed by atoms with Crippen LogP contribution in [0.15, 0.2) is 29.3 Å². The van der Waals surface area contributed by atoms with Crippen molar-refractivity contribution in [3.63, 3.8) is 0 Å². The van der Waals surface area contributed by atoms with E-state index in [9.17, 15) is 14.7 Å². The Morgan fingerprint density at radius 3 is 2.52 bits per heavy atom. The van der Waals surface area contributed by atoms with Crippen LogP contribution >= 0.6 is 11.8 Å². The number of amides is 1. The Bertz CT molecular complexity index is 707. The van der Waals surface area contributed by atoms with Gasteiger partial charge in [0.15, 0.2) is 0 Å². The minimum atomic E-state index is -0.916. The predicted molar refractivity (Wildman–Crippen MR) is 107 cm³/mol. The molecule has 0 radical (unpaired) electrons. The van der Waals surface area contributed by atoms with Gasteiger partial charge in [0.1, 0.15) is 0 Å².